The van der Waals surface area contributed by atoms with Gasteiger partial charge in [0.25, 0.3) is 0 Å². The zero-order valence-electron chi connectivity index (χ0n) is 6.88. The van der Waals surface area contributed by atoms with Gasteiger partial charge < -0.3 is 5.73 Å². The highest BCUT2D eigenvalue weighted by atomic mass is 35.5. The molecule has 1 aliphatic carbocycles. The Morgan fingerprint density at radius 2 is 2.42 bits per heavy atom. The van der Waals surface area contributed by atoms with Crippen LogP contribution in [0.25, 0.3) is 0 Å². The van der Waals surface area contributed by atoms with E-state index in [9.17, 15) is 0 Å². The Labute approximate surface area is 80.8 Å². The van der Waals surface area contributed by atoms with Gasteiger partial charge in [0, 0.05) is 22.5 Å². The quantitative estimate of drug-likeness (QED) is 0.799. The van der Waals surface area contributed by atoms with Gasteiger partial charge >= 0.3 is 0 Å². The van der Waals surface area contributed by atoms with Gasteiger partial charge in [0.2, 0.25) is 0 Å². The van der Waals surface area contributed by atoms with Crippen molar-refractivity contribution in [2.45, 2.75) is 31.2 Å². The Bertz CT molecular complexity index is 291. The Kier molecular flexibility index (Phi) is 1.90. The van der Waals surface area contributed by atoms with E-state index in [1.807, 2.05) is 6.20 Å². The lowest BCUT2D eigenvalue weighted by molar-refractivity contribution is 0.565. The Hall–Kier alpha value is -0.120. The van der Waals surface area contributed by atoms with Gasteiger partial charge in [-0.15, -0.1) is 11.3 Å². The highest BCUT2D eigenvalue weighted by Gasteiger charge is 2.48. The maximum absolute atomic E-state index is 5.91. The maximum atomic E-state index is 5.91. The molecule has 66 valence electrons. The first kappa shape index (κ1) is 8.48. The summed E-state index contributed by atoms with van der Waals surface area (Å²) in [5, 5.41) is 0. The Morgan fingerprint density at radius 1 is 1.75 bits per heavy atom. The van der Waals surface area contributed by atoms with E-state index in [2.05, 4.69) is 11.9 Å². The van der Waals surface area contributed by atoms with Crippen molar-refractivity contribution in [3.05, 3.63) is 15.5 Å². The van der Waals surface area contributed by atoms with Crippen LogP contribution in [0.2, 0.25) is 4.47 Å². The van der Waals surface area contributed by atoms with Gasteiger partial charge in [0.05, 0.1) is 0 Å². The van der Waals surface area contributed by atoms with E-state index in [-0.39, 0.29) is 11.5 Å². The third-order valence-corrected chi connectivity index (χ3v) is 3.96. The molecule has 1 aromatic rings. The van der Waals surface area contributed by atoms with Gasteiger partial charge in [0.1, 0.15) is 0 Å². The van der Waals surface area contributed by atoms with E-state index in [4.69, 9.17) is 17.3 Å². The summed E-state index contributed by atoms with van der Waals surface area (Å²) < 4.78 is 0.622. The van der Waals surface area contributed by atoms with Crippen molar-refractivity contribution in [2.75, 3.05) is 0 Å². The number of nitrogens with two attached hydrogens (primary N) is 1. The molecule has 2 nitrogen and oxygen atoms in total. The molecule has 0 aromatic carbocycles. The van der Waals surface area contributed by atoms with Gasteiger partial charge in [-0.1, -0.05) is 11.6 Å². The van der Waals surface area contributed by atoms with Crippen molar-refractivity contribution in [3.63, 3.8) is 0 Å². The van der Waals surface area contributed by atoms with Crippen molar-refractivity contribution in [3.8, 4) is 0 Å². The second kappa shape index (κ2) is 2.69. The van der Waals surface area contributed by atoms with Gasteiger partial charge in [-0.25, -0.2) is 4.98 Å². The predicted molar refractivity (Wildman–Crippen MR) is 51.7 cm³/mol. The molecule has 12 heavy (non-hydrogen) atoms. The number of thiazole rings is 1. The van der Waals surface area contributed by atoms with Gasteiger partial charge in [-0.05, 0) is 19.8 Å². The van der Waals surface area contributed by atoms with Gasteiger partial charge in [0.15, 0.2) is 4.47 Å². The van der Waals surface area contributed by atoms with Crippen LogP contribution in [0.1, 0.15) is 24.6 Å². The summed E-state index contributed by atoms with van der Waals surface area (Å²) in [4.78, 5) is 5.29. The molecule has 0 amide bonds. The first-order chi connectivity index (χ1) is 5.65. The van der Waals surface area contributed by atoms with Crippen LogP contribution in [0.4, 0.5) is 0 Å². The Morgan fingerprint density at radius 3 is 2.75 bits per heavy atom. The van der Waals surface area contributed by atoms with Crippen molar-refractivity contribution < 1.29 is 0 Å². The van der Waals surface area contributed by atoms with Gasteiger partial charge in [-0.2, -0.15) is 0 Å². The molecule has 0 aliphatic heterocycles. The summed E-state index contributed by atoms with van der Waals surface area (Å²) in [5.74, 6) is 0. The standard InChI is InChI=1S/C8H11ClN2S/c1-5(10)8(2-3-8)6-4-11-7(9)12-6/h4-5H,2-3,10H2,1H3. The smallest absolute Gasteiger partial charge is 0.183 e. The third-order valence-electron chi connectivity index (χ3n) is 2.63. The minimum atomic E-state index is 0.213. The van der Waals surface area contributed by atoms with Crippen LogP contribution in [-0.2, 0) is 5.41 Å². The summed E-state index contributed by atoms with van der Waals surface area (Å²) in [6, 6.07) is 0.217. The minimum absolute atomic E-state index is 0.213. The molecule has 1 heterocycles. The van der Waals surface area contributed by atoms with E-state index in [1.165, 1.54) is 17.7 Å². The summed E-state index contributed by atoms with van der Waals surface area (Å²) in [6.07, 6.45) is 4.23. The zero-order valence-corrected chi connectivity index (χ0v) is 8.45. The van der Waals surface area contributed by atoms with Crippen molar-refractivity contribution in [1.29, 1.82) is 0 Å². The number of halogens is 1. The molecule has 0 spiro atoms. The predicted octanol–water partition coefficient (Wildman–Crippen LogP) is 2.18. The van der Waals surface area contributed by atoms with E-state index in [0.29, 0.717) is 4.47 Å². The number of rotatable bonds is 2. The third kappa shape index (κ3) is 1.16. The normalized spacial score (nSPS) is 22.2. The van der Waals surface area contributed by atoms with Crippen molar-refractivity contribution in [2.24, 2.45) is 5.73 Å². The number of hydrogen-bond acceptors (Lipinski definition) is 3. The van der Waals surface area contributed by atoms with Crippen LogP contribution in [-0.4, -0.2) is 11.0 Å². The number of nitrogens with zero attached hydrogens (tertiary/aromatic N) is 1. The molecule has 1 aromatic heterocycles. The lowest BCUT2D eigenvalue weighted by Crippen LogP contribution is -2.30. The van der Waals surface area contributed by atoms with Crippen LogP contribution in [0.3, 0.4) is 0 Å². The first-order valence-corrected chi connectivity index (χ1v) is 5.22. The van der Waals surface area contributed by atoms with Crippen molar-refractivity contribution >= 4 is 22.9 Å². The molecule has 0 radical (unpaired) electrons. The molecule has 1 unspecified atom stereocenters. The summed E-state index contributed by atoms with van der Waals surface area (Å²) in [6.45, 7) is 2.06. The molecule has 0 saturated heterocycles. The second-order valence-corrected chi connectivity index (χ2v) is 5.04. The van der Waals surface area contributed by atoms with E-state index >= 15 is 0 Å². The zero-order chi connectivity index (χ0) is 8.77. The average molecular weight is 203 g/mol. The van der Waals surface area contributed by atoms with E-state index < -0.39 is 0 Å². The van der Waals surface area contributed by atoms with Crippen LogP contribution < -0.4 is 5.73 Å². The average Bonchev–Trinajstić information content (AvgIpc) is 2.71. The first-order valence-electron chi connectivity index (χ1n) is 4.02. The van der Waals surface area contributed by atoms with E-state index in [1.54, 1.807) is 11.3 Å². The second-order valence-electron chi connectivity index (χ2n) is 3.42. The fraction of sp³-hybridized carbons (Fsp3) is 0.625. The Balaban J connectivity index is 2.30. The molecule has 2 rings (SSSR count). The van der Waals surface area contributed by atoms with Gasteiger partial charge in [-0.3, -0.25) is 0 Å². The molecular formula is C8H11ClN2S. The molecule has 0 bridgehead atoms. The highest BCUT2D eigenvalue weighted by molar-refractivity contribution is 7.15. The summed E-state index contributed by atoms with van der Waals surface area (Å²) >= 11 is 7.33. The molecular weight excluding hydrogens is 192 g/mol. The monoisotopic (exact) mass is 202 g/mol. The van der Waals surface area contributed by atoms with Crippen LogP contribution in [0, 0.1) is 0 Å². The largest absolute Gasteiger partial charge is 0.327 e. The SMILES string of the molecule is CC(N)C1(c2cnc(Cl)s2)CC1. The molecule has 1 fully saturated rings. The summed E-state index contributed by atoms with van der Waals surface area (Å²) in [5.41, 5.74) is 6.12. The molecule has 4 heteroatoms. The molecule has 1 atom stereocenters. The van der Waals surface area contributed by atoms with Crippen molar-refractivity contribution in [1.82, 2.24) is 4.98 Å². The van der Waals surface area contributed by atoms with Crippen LogP contribution in [0.15, 0.2) is 6.20 Å². The van der Waals surface area contributed by atoms with Crippen LogP contribution >= 0.6 is 22.9 Å². The molecule has 2 N–H and O–H groups in total. The topological polar surface area (TPSA) is 38.9 Å². The molecule has 1 saturated carbocycles. The fourth-order valence-electron chi connectivity index (χ4n) is 1.54. The minimum Gasteiger partial charge on any atom is -0.327 e. The fourth-order valence-corrected chi connectivity index (χ4v) is 2.83. The van der Waals surface area contributed by atoms with Crippen LogP contribution in [0.5, 0.6) is 0 Å². The number of hydrogen-bond donors (Lipinski definition) is 1. The molecule has 1 aliphatic rings. The summed E-state index contributed by atoms with van der Waals surface area (Å²) in [7, 11) is 0. The number of aromatic nitrogens is 1. The maximum Gasteiger partial charge on any atom is 0.183 e. The lowest BCUT2D eigenvalue weighted by Gasteiger charge is -2.16. The lowest BCUT2D eigenvalue weighted by atomic mass is 9.98. The van der Waals surface area contributed by atoms with E-state index in [0.717, 1.165) is 0 Å². The highest BCUT2D eigenvalue weighted by Crippen LogP contribution is 2.52.